The minimum atomic E-state index is 0.0324. The van der Waals surface area contributed by atoms with Crippen molar-refractivity contribution in [1.29, 1.82) is 0 Å². The van der Waals surface area contributed by atoms with E-state index < -0.39 is 0 Å². The summed E-state index contributed by atoms with van der Waals surface area (Å²) in [5.74, 6) is 0.872. The number of nitrogens with two attached hydrogens (primary N) is 1. The third kappa shape index (κ3) is 2.13. The van der Waals surface area contributed by atoms with Crippen molar-refractivity contribution >= 4 is 0 Å². The standard InChI is InChI=1S/C17H19NO/c1-19-15-9-5-6-13(12-15)16(18)17(10-11-17)14-7-3-2-4-8-14/h2-9,12,16H,10-11,18H2,1H3. The van der Waals surface area contributed by atoms with Crippen LogP contribution in [0.2, 0.25) is 0 Å². The fourth-order valence-electron chi connectivity index (χ4n) is 2.84. The van der Waals surface area contributed by atoms with Crippen LogP contribution >= 0.6 is 0 Å². The third-order valence-corrected chi connectivity index (χ3v) is 4.19. The van der Waals surface area contributed by atoms with Crippen LogP contribution in [0.15, 0.2) is 54.6 Å². The van der Waals surface area contributed by atoms with Gasteiger partial charge in [-0.15, -0.1) is 0 Å². The van der Waals surface area contributed by atoms with Gasteiger partial charge in [0.05, 0.1) is 7.11 Å². The lowest BCUT2D eigenvalue weighted by molar-refractivity contribution is 0.413. The molecule has 1 unspecified atom stereocenters. The van der Waals surface area contributed by atoms with E-state index in [1.54, 1.807) is 7.11 Å². The molecule has 0 heterocycles. The summed E-state index contributed by atoms with van der Waals surface area (Å²) in [5, 5.41) is 0. The maximum atomic E-state index is 6.54. The molecule has 19 heavy (non-hydrogen) atoms. The molecule has 2 heteroatoms. The van der Waals surface area contributed by atoms with Crippen LogP contribution in [0.5, 0.6) is 5.75 Å². The van der Waals surface area contributed by atoms with E-state index in [1.807, 2.05) is 18.2 Å². The Morgan fingerprint density at radius 2 is 1.79 bits per heavy atom. The van der Waals surface area contributed by atoms with Crippen molar-refractivity contribution in [3.63, 3.8) is 0 Å². The van der Waals surface area contributed by atoms with Crippen LogP contribution in [0.25, 0.3) is 0 Å². The van der Waals surface area contributed by atoms with Crippen LogP contribution in [0.3, 0.4) is 0 Å². The fourth-order valence-corrected chi connectivity index (χ4v) is 2.84. The van der Waals surface area contributed by atoms with Gasteiger partial charge in [0.15, 0.2) is 0 Å². The van der Waals surface area contributed by atoms with Crippen molar-refractivity contribution in [1.82, 2.24) is 0 Å². The summed E-state index contributed by atoms with van der Waals surface area (Å²) in [6, 6.07) is 18.8. The highest BCUT2D eigenvalue weighted by Gasteiger charge is 2.49. The molecule has 1 aliphatic carbocycles. The van der Waals surface area contributed by atoms with Gasteiger partial charge in [-0.05, 0) is 36.1 Å². The molecule has 1 fully saturated rings. The van der Waals surface area contributed by atoms with Crippen LogP contribution < -0.4 is 10.5 Å². The normalized spacial score (nSPS) is 17.8. The first-order valence-electron chi connectivity index (χ1n) is 6.71. The second-order valence-electron chi connectivity index (χ2n) is 5.28. The number of methoxy groups -OCH3 is 1. The molecular weight excluding hydrogens is 234 g/mol. The highest BCUT2D eigenvalue weighted by Crippen LogP contribution is 2.55. The van der Waals surface area contributed by atoms with Crippen molar-refractivity contribution in [2.45, 2.75) is 24.3 Å². The molecule has 0 bridgehead atoms. The molecule has 2 aromatic rings. The van der Waals surface area contributed by atoms with Gasteiger partial charge < -0.3 is 10.5 Å². The van der Waals surface area contributed by atoms with E-state index in [1.165, 1.54) is 5.56 Å². The van der Waals surface area contributed by atoms with E-state index in [0.717, 1.165) is 24.2 Å². The van der Waals surface area contributed by atoms with E-state index in [2.05, 4.69) is 36.4 Å². The summed E-state index contributed by atoms with van der Waals surface area (Å²) in [4.78, 5) is 0. The Labute approximate surface area is 114 Å². The van der Waals surface area contributed by atoms with Crippen LogP contribution in [0.4, 0.5) is 0 Å². The summed E-state index contributed by atoms with van der Waals surface area (Å²) in [7, 11) is 1.69. The van der Waals surface area contributed by atoms with Crippen LogP contribution in [0, 0.1) is 0 Å². The molecule has 1 atom stereocenters. The van der Waals surface area contributed by atoms with Gasteiger partial charge in [-0.1, -0.05) is 42.5 Å². The summed E-state index contributed by atoms with van der Waals surface area (Å²) in [6.07, 6.45) is 2.32. The molecule has 2 aromatic carbocycles. The van der Waals surface area contributed by atoms with E-state index in [0.29, 0.717) is 0 Å². The molecule has 98 valence electrons. The van der Waals surface area contributed by atoms with Gasteiger partial charge in [-0.25, -0.2) is 0 Å². The molecule has 0 aliphatic heterocycles. The highest BCUT2D eigenvalue weighted by molar-refractivity contribution is 5.40. The molecule has 0 aromatic heterocycles. The molecule has 0 spiro atoms. The van der Waals surface area contributed by atoms with Crippen molar-refractivity contribution in [3.8, 4) is 5.75 Å². The molecule has 0 saturated heterocycles. The van der Waals surface area contributed by atoms with Gasteiger partial charge in [0.1, 0.15) is 5.75 Å². The summed E-state index contributed by atoms with van der Waals surface area (Å²) >= 11 is 0. The molecule has 2 nitrogen and oxygen atoms in total. The van der Waals surface area contributed by atoms with Crippen molar-refractivity contribution in [3.05, 3.63) is 65.7 Å². The predicted molar refractivity (Wildman–Crippen MR) is 77.3 cm³/mol. The lowest BCUT2D eigenvalue weighted by atomic mass is 9.84. The van der Waals surface area contributed by atoms with Crippen LogP contribution in [0.1, 0.15) is 30.0 Å². The number of benzene rings is 2. The zero-order valence-corrected chi connectivity index (χ0v) is 11.2. The third-order valence-electron chi connectivity index (χ3n) is 4.19. The SMILES string of the molecule is COc1cccc(C(N)C2(c3ccccc3)CC2)c1. The molecule has 1 aliphatic rings. The average Bonchev–Trinajstić information content (AvgIpc) is 3.29. The maximum absolute atomic E-state index is 6.54. The van der Waals surface area contributed by atoms with Gasteiger partial charge in [-0.2, -0.15) is 0 Å². The molecule has 0 radical (unpaired) electrons. The molecular formula is C17H19NO. The lowest BCUT2D eigenvalue weighted by Crippen LogP contribution is -2.26. The monoisotopic (exact) mass is 253 g/mol. The van der Waals surface area contributed by atoms with E-state index in [4.69, 9.17) is 10.5 Å². The Balaban J connectivity index is 1.93. The van der Waals surface area contributed by atoms with Crippen molar-refractivity contribution in [2.24, 2.45) is 5.73 Å². The second-order valence-corrected chi connectivity index (χ2v) is 5.28. The Hall–Kier alpha value is -1.80. The van der Waals surface area contributed by atoms with Crippen LogP contribution in [-0.2, 0) is 5.41 Å². The summed E-state index contributed by atoms with van der Waals surface area (Å²) in [5.41, 5.74) is 9.16. The molecule has 2 N–H and O–H groups in total. The maximum Gasteiger partial charge on any atom is 0.119 e. The Morgan fingerprint density at radius 1 is 1.05 bits per heavy atom. The minimum absolute atomic E-state index is 0.0324. The zero-order chi connectivity index (χ0) is 13.3. The first-order chi connectivity index (χ1) is 9.26. The van der Waals surface area contributed by atoms with E-state index in [-0.39, 0.29) is 11.5 Å². The second kappa shape index (κ2) is 4.71. The van der Waals surface area contributed by atoms with Gasteiger partial charge in [0, 0.05) is 11.5 Å². The van der Waals surface area contributed by atoms with Crippen molar-refractivity contribution < 1.29 is 4.74 Å². The minimum Gasteiger partial charge on any atom is -0.497 e. The Bertz CT molecular complexity index is 560. The van der Waals surface area contributed by atoms with E-state index in [9.17, 15) is 0 Å². The lowest BCUT2D eigenvalue weighted by Gasteiger charge is -2.24. The van der Waals surface area contributed by atoms with Gasteiger partial charge >= 0.3 is 0 Å². The Morgan fingerprint density at radius 3 is 2.42 bits per heavy atom. The number of rotatable bonds is 4. The number of hydrogen-bond acceptors (Lipinski definition) is 2. The first kappa shape index (κ1) is 12.2. The fraction of sp³-hybridized carbons (Fsp3) is 0.294. The molecule has 1 saturated carbocycles. The predicted octanol–water partition coefficient (Wildman–Crippen LogP) is 3.43. The van der Waals surface area contributed by atoms with Gasteiger partial charge in [-0.3, -0.25) is 0 Å². The quantitative estimate of drug-likeness (QED) is 0.906. The van der Waals surface area contributed by atoms with Gasteiger partial charge in [0.25, 0.3) is 0 Å². The topological polar surface area (TPSA) is 35.2 Å². The number of hydrogen-bond donors (Lipinski definition) is 1. The highest BCUT2D eigenvalue weighted by atomic mass is 16.5. The molecule has 0 amide bonds. The van der Waals surface area contributed by atoms with Crippen molar-refractivity contribution in [2.75, 3.05) is 7.11 Å². The smallest absolute Gasteiger partial charge is 0.119 e. The van der Waals surface area contributed by atoms with E-state index >= 15 is 0 Å². The average molecular weight is 253 g/mol. The largest absolute Gasteiger partial charge is 0.497 e. The first-order valence-corrected chi connectivity index (χ1v) is 6.71. The Kier molecular flexibility index (Phi) is 3.03. The summed E-state index contributed by atoms with van der Waals surface area (Å²) < 4.78 is 5.29. The molecule has 3 rings (SSSR count). The van der Waals surface area contributed by atoms with Crippen LogP contribution in [-0.4, -0.2) is 7.11 Å². The summed E-state index contributed by atoms with van der Waals surface area (Å²) in [6.45, 7) is 0. The van der Waals surface area contributed by atoms with Gasteiger partial charge in [0.2, 0.25) is 0 Å². The zero-order valence-electron chi connectivity index (χ0n) is 11.2. The number of ether oxygens (including phenoxy) is 1.